The number of nitrogens with one attached hydrogen (secondary N) is 2. The Hall–Kier alpha value is -2.55. The number of rotatable bonds is 6. The largest absolute Gasteiger partial charge is 0.452 e. The van der Waals surface area contributed by atoms with E-state index in [1.54, 1.807) is 6.07 Å². The first-order chi connectivity index (χ1) is 13.0. The Bertz CT molecular complexity index is 798. The van der Waals surface area contributed by atoms with Gasteiger partial charge in [0.05, 0.1) is 0 Å². The van der Waals surface area contributed by atoms with Gasteiger partial charge in [-0.2, -0.15) is 0 Å². The minimum absolute atomic E-state index is 0.0568. The Morgan fingerprint density at radius 1 is 1.30 bits per heavy atom. The summed E-state index contributed by atoms with van der Waals surface area (Å²) in [5, 5.41) is 5.29. The normalized spacial score (nSPS) is 15.4. The minimum atomic E-state index is -1.07. The molecule has 1 aromatic carbocycles. The van der Waals surface area contributed by atoms with E-state index in [1.807, 2.05) is 18.2 Å². The van der Waals surface area contributed by atoms with E-state index in [-0.39, 0.29) is 11.8 Å². The SMILES string of the molecule is C[C@H](OC(=O)CSc1nc2ccccc2o1)C(=O)NC(=O)NC1CCCC1. The van der Waals surface area contributed by atoms with Crippen molar-refractivity contribution in [1.82, 2.24) is 15.6 Å². The molecule has 1 aliphatic carbocycles. The van der Waals surface area contributed by atoms with Crippen molar-refractivity contribution < 1.29 is 23.5 Å². The molecule has 1 atom stereocenters. The smallest absolute Gasteiger partial charge is 0.321 e. The molecule has 0 bridgehead atoms. The fourth-order valence-corrected chi connectivity index (χ4v) is 3.44. The quantitative estimate of drug-likeness (QED) is 0.575. The first-order valence-electron chi connectivity index (χ1n) is 8.80. The second kappa shape index (κ2) is 8.90. The van der Waals surface area contributed by atoms with Crippen molar-refractivity contribution in [3.05, 3.63) is 24.3 Å². The maximum Gasteiger partial charge on any atom is 0.321 e. The van der Waals surface area contributed by atoms with Gasteiger partial charge in [-0.3, -0.25) is 14.9 Å². The lowest BCUT2D eigenvalue weighted by molar-refractivity contribution is -0.151. The number of fused-ring (bicyclic) bond motifs is 1. The molecule has 3 amide bonds. The van der Waals surface area contributed by atoms with Crippen LogP contribution in [0.1, 0.15) is 32.6 Å². The van der Waals surface area contributed by atoms with Gasteiger partial charge in [0.1, 0.15) is 11.3 Å². The van der Waals surface area contributed by atoms with E-state index in [0.717, 1.165) is 37.4 Å². The molecule has 0 aliphatic heterocycles. The molecule has 1 aliphatic rings. The van der Waals surface area contributed by atoms with Crippen molar-refractivity contribution in [2.45, 2.75) is 50.0 Å². The number of para-hydroxylation sites is 2. The molecule has 0 unspecified atom stereocenters. The lowest BCUT2D eigenvalue weighted by Crippen LogP contribution is -2.47. The number of nitrogens with zero attached hydrogens (tertiary/aromatic N) is 1. The van der Waals surface area contributed by atoms with Crippen LogP contribution in [0.4, 0.5) is 4.79 Å². The van der Waals surface area contributed by atoms with Gasteiger partial charge in [0.2, 0.25) is 0 Å². The van der Waals surface area contributed by atoms with Gasteiger partial charge < -0.3 is 14.5 Å². The van der Waals surface area contributed by atoms with E-state index >= 15 is 0 Å². The fourth-order valence-electron chi connectivity index (χ4n) is 2.82. The van der Waals surface area contributed by atoms with Crippen molar-refractivity contribution >= 4 is 40.8 Å². The van der Waals surface area contributed by atoms with E-state index in [0.29, 0.717) is 16.3 Å². The summed E-state index contributed by atoms with van der Waals surface area (Å²) in [5.41, 5.74) is 1.34. The van der Waals surface area contributed by atoms with Gasteiger partial charge in [-0.05, 0) is 31.9 Å². The van der Waals surface area contributed by atoms with Crippen LogP contribution in [0.2, 0.25) is 0 Å². The molecule has 0 saturated heterocycles. The highest BCUT2D eigenvalue weighted by Crippen LogP contribution is 2.23. The number of benzene rings is 1. The van der Waals surface area contributed by atoms with Crippen molar-refractivity contribution in [2.75, 3.05) is 5.75 Å². The highest BCUT2D eigenvalue weighted by molar-refractivity contribution is 7.99. The molecular formula is C18H21N3O5S. The van der Waals surface area contributed by atoms with Crippen LogP contribution in [0.5, 0.6) is 0 Å². The molecule has 8 nitrogen and oxygen atoms in total. The van der Waals surface area contributed by atoms with Crippen LogP contribution in [0.25, 0.3) is 11.1 Å². The second-order valence-corrected chi connectivity index (χ2v) is 7.24. The molecule has 0 radical (unpaired) electrons. The average Bonchev–Trinajstić information content (AvgIpc) is 3.28. The number of amides is 3. The third kappa shape index (κ3) is 5.46. The number of hydrogen-bond donors (Lipinski definition) is 2. The zero-order chi connectivity index (χ0) is 19.2. The highest BCUT2D eigenvalue weighted by atomic mass is 32.2. The summed E-state index contributed by atoms with van der Waals surface area (Å²) in [6.07, 6.45) is 2.91. The Labute approximate surface area is 160 Å². The summed E-state index contributed by atoms with van der Waals surface area (Å²) < 4.78 is 10.6. The topological polar surface area (TPSA) is 111 Å². The van der Waals surface area contributed by atoms with Crippen LogP contribution in [0.3, 0.4) is 0 Å². The first kappa shape index (κ1) is 19.2. The number of urea groups is 1. The number of ether oxygens (including phenoxy) is 1. The molecule has 1 fully saturated rings. The van der Waals surface area contributed by atoms with Crippen molar-refractivity contribution in [3.63, 3.8) is 0 Å². The summed E-state index contributed by atoms with van der Waals surface area (Å²) in [6, 6.07) is 6.81. The number of thioether (sulfide) groups is 1. The van der Waals surface area contributed by atoms with E-state index in [4.69, 9.17) is 9.15 Å². The van der Waals surface area contributed by atoms with Crippen LogP contribution < -0.4 is 10.6 Å². The summed E-state index contributed by atoms with van der Waals surface area (Å²) in [6.45, 7) is 1.42. The van der Waals surface area contributed by atoms with Crippen LogP contribution in [-0.2, 0) is 14.3 Å². The Kier molecular flexibility index (Phi) is 6.33. The fraction of sp³-hybridized carbons (Fsp3) is 0.444. The zero-order valence-corrected chi connectivity index (χ0v) is 15.7. The van der Waals surface area contributed by atoms with Gasteiger partial charge in [0.15, 0.2) is 11.7 Å². The molecule has 1 saturated carbocycles. The molecule has 9 heteroatoms. The van der Waals surface area contributed by atoms with E-state index < -0.39 is 24.0 Å². The van der Waals surface area contributed by atoms with Gasteiger partial charge in [-0.1, -0.05) is 36.7 Å². The van der Waals surface area contributed by atoms with Gasteiger partial charge in [0.25, 0.3) is 11.1 Å². The third-order valence-corrected chi connectivity index (χ3v) is 4.99. The van der Waals surface area contributed by atoms with Gasteiger partial charge in [0, 0.05) is 6.04 Å². The van der Waals surface area contributed by atoms with Crippen LogP contribution in [0.15, 0.2) is 33.9 Å². The minimum Gasteiger partial charge on any atom is -0.452 e. The van der Waals surface area contributed by atoms with Crippen molar-refractivity contribution in [3.8, 4) is 0 Å². The summed E-state index contributed by atoms with van der Waals surface area (Å²) in [5.74, 6) is -1.31. The maximum absolute atomic E-state index is 12.0. The van der Waals surface area contributed by atoms with E-state index in [9.17, 15) is 14.4 Å². The standard InChI is InChI=1S/C18H21N3O5S/c1-11(16(23)21-17(24)19-12-6-2-3-7-12)25-15(22)10-27-18-20-13-8-4-5-9-14(13)26-18/h4-5,8-9,11-12H,2-3,6-7,10H2,1H3,(H2,19,21,23,24)/t11-/m0/s1. The number of carbonyl (C=O) groups excluding carboxylic acids is 3. The number of oxazole rings is 1. The molecule has 27 heavy (non-hydrogen) atoms. The van der Waals surface area contributed by atoms with Crippen molar-refractivity contribution in [2.24, 2.45) is 0 Å². The predicted molar refractivity (Wildman–Crippen MR) is 99.2 cm³/mol. The van der Waals surface area contributed by atoms with Crippen LogP contribution in [-0.4, -0.2) is 40.8 Å². The molecule has 2 N–H and O–H groups in total. The summed E-state index contributed by atoms with van der Waals surface area (Å²) >= 11 is 1.08. The highest BCUT2D eigenvalue weighted by Gasteiger charge is 2.23. The molecule has 144 valence electrons. The number of imide groups is 1. The molecule has 3 rings (SSSR count). The Morgan fingerprint density at radius 2 is 2.04 bits per heavy atom. The van der Waals surface area contributed by atoms with Gasteiger partial charge in [-0.25, -0.2) is 9.78 Å². The number of aromatic nitrogens is 1. The lowest BCUT2D eigenvalue weighted by Gasteiger charge is -2.15. The number of esters is 1. The molecule has 2 aromatic rings. The van der Waals surface area contributed by atoms with Crippen LogP contribution >= 0.6 is 11.8 Å². The zero-order valence-electron chi connectivity index (χ0n) is 14.9. The monoisotopic (exact) mass is 391 g/mol. The molecule has 0 spiro atoms. The summed E-state index contributed by atoms with van der Waals surface area (Å²) in [4.78, 5) is 39.9. The molecular weight excluding hydrogens is 370 g/mol. The van der Waals surface area contributed by atoms with Gasteiger partial charge in [-0.15, -0.1) is 0 Å². The van der Waals surface area contributed by atoms with Crippen molar-refractivity contribution in [1.29, 1.82) is 0 Å². The maximum atomic E-state index is 12.0. The summed E-state index contributed by atoms with van der Waals surface area (Å²) in [7, 11) is 0. The molecule has 1 heterocycles. The second-order valence-electron chi connectivity index (χ2n) is 6.31. The average molecular weight is 391 g/mol. The first-order valence-corrected chi connectivity index (χ1v) is 9.79. The Balaban J connectivity index is 1.41. The number of carbonyl (C=O) groups is 3. The van der Waals surface area contributed by atoms with E-state index in [2.05, 4.69) is 15.6 Å². The molecule has 1 aromatic heterocycles. The predicted octanol–water partition coefficient (Wildman–Crippen LogP) is 2.62. The lowest BCUT2D eigenvalue weighted by atomic mass is 10.2. The number of hydrogen-bond acceptors (Lipinski definition) is 7. The van der Waals surface area contributed by atoms with E-state index in [1.165, 1.54) is 6.92 Å². The van der Waals surface area contributed by atoms with Gasteiger partial charge >= 0.3 is 12.0 Å². The van der Waals surface area contributed by atoms with Crippen LogP contribution in [0, 0.1) is 0 Å². The third-order valence-electron chi connectivity index (χ3n) is 4.19. The Morgan fingerprint density at radius 3 is 2.78 bits per heavy atom.